The molecule has 1 aliphatic rings. The van der Waals surface area contributed by atoms with Gasteiger partial charge in [-0.1, -0.05) is 26.2 Å². The van der Waals surface area contributed by atoms with E-state index in [9.17, 15) is 5.11 Å². The molecule has 3 N–H and O–H groups in total. The summed E-state index contributed by atoms with van der Waals surface area (Å²) in [6.07, 6.45) is 11.5. The first-order valence-electron chi connectivity index (χ1n) is 7.16. The van der Waals surface area contributed by atoms with E-state index in [1.54, 1.807) is 6.20 Å². The Hall–Kier alpha value is -0.870. The first-order valence-corrected chi connectivity index (χ1v) is 7.16. The Labute approximate surface area is 109 Å². The molecule has 4 heteroatoms. The van der Waals surface area contributed by atoms with Gasteiger partial charge < -0.3 is 15.4 Å². The fraction of sp³-hybridized carbons (Fsp3) is 0.786. The van der Waals surface area contributed by atoms with E-state index in [4.69, 9.17) is 5.73 Å². The monoisotopic (exact) mass is 251 g/mol. The largest absolute Gasteiger partial charge is 0.394 e. The molecule has 0 aliphatic heterocycles. The Bertz CT molecular complexity index is 358. The molecule has 1 heterocycles. The summed E-state index contributed by atoms with van der Waals surface area (Å²) in [5.41, 5.74) is 6.92. The number of aliphatic hydroxyl groups excluding tert-OH is 1. The molecule has 1 aromatic rings. The molecule has 1 aliphatic carbocycles. The molecule has 4 nitrogen and oxygen atoms in total. The van der Waals surface area contributed by atoms with Crippen molar-refractivity contribution in [1.29, 1.82) is 0 Å². The minimum Gasteiger partial charge on any atom is -0.394 e. The predicted molar refractivity (Wildman–Crippen MR) is 72.1 cm³/mol. The number of aliphatic hydroxyl groups is 1. The summed E-state index contributed by atoms with van der Waals surface area (Å²) in [4.78, 5) is 4.23. The molecule has 0 saturated heterocycles. The normalized spacial score (nSPS) is 20.8. The van der Waals surface area contributed by atoms with Crippen molar-refractivity contribution >= 4 is 0 Å². The van der Waals surface area contributed by atoms with Crippen molar-refractivity contribution in [1.82, 2.24) is 9.55 Å². The van der Waals surface area contributed by atoms with Crippen LogP contribution in [0.2, 0.25) is 0 Å². The topological polar surface area (TPSA) is 64.1 Å². The molecule has 1 saturated carbocycles. The fourth-order valence-corrected chi connectivity index (χ4v) is 3.25. The molecule has 18 heavy (non-hydrogen) atoms. The van der Waals surface area contributed by atoms with Crippen LogP contribution in [0.25, 0.3) is 0 Å². The zero-order chi connectivity index (χ0) is 13.0. The van der Waals surface area contributed by atoms with Crippen molar-refractivity contribution in [2.75, 3.05) is 6.61 Å². The molecule has 2 unspecified atom stereocenters. The third-order valence-corrected chi connectivity index (χ3v) is 4.24. The van der Waals surface area contributed by atoms with Crippen molar-refractivity contribution in [3.05, 3.63) is 18.2 Å². The summed E-state index contributed by atoms with van der Waals surface area (Å²) in [5.74, 6) is 0.739. The maximum absolute atomic E-state index is 9.23. The molecular formula is C14H25N3O. The number of hydrogen-bond acceptors (Lipinski definition) is 3. The van der Waals surface area contributed by atoms with Gasteiger partial charge in [-0.3, -0.25) is 0 Å². The van der Waals surface area contributed by atoms with Gasteiger partial charge in [0.2, 0.25) is 0 Å². The van der Waals surface area contributed by atoms with Gasteiger partial charge in [-0.2, -0.15) is 0 Å². The van der Waals surface area contributed by atoms with Gasteiger partial charge in [0.15, 0.2) is 0 Å². The van der Waals surface area contributed by atoms with Crippen LogP contribution in [-0.4, -0.2) is 21.3 Å². The third kappa shape index (κ3) is 2.75. The Morgan fingerprint density at radius 2 is 2.17 bits per heavy atom. The van der Waals surface area contributed by atoms with E-state index < -0.39 is 0 Å². The first-order chi connectivity index (χ1) is 8.77. The summed E-state index contributed by atoms with van der Waals surface area (Å²) in [6, 6.07) is 0.172. The van der Waals surface area contributed by atoms with E-state index in [1.165, 1.54) is 32.1 Å². The summed E-state index contributed by atoms with van der Waals surface area (Å²) >= 11 is 0. The molecule has 0 spiro atoms. The Morgan fingerprint density at radius 3 is 2.78 bits per heavy atom. The predicted octanol–water partition coefficient (Wildman–Crippen LogP) is 2.41. The molecule has 1 fully saturated rings. The lowest BCUT2D eigenvalue weighted by Crippen LogP contribution is -2.26. The molecule has 102 valence electrons. The zero-order valence-corrected chi connectivity index (χ0v) is 11.3. The first kappa shape index (κ1) is 13.6. The number of nitrogens with two attached hydrogens (primary N) is 1. The minimum absolute atomic E-state index is 0.0210. The molecular weight excluding hydrogens is 226 g/mol. The Kier molecular flexibility index (Phi) is 4.78. The molecule has 2 rings (SSSR count). The Morgan fingerprint density at radius 1 is 1.44 bits per heavy atom. The zero-order valence-electron chi connectivity index (χ0n) is 11.3. The van der Waals surface area contributed by atoms with Crippen LogP contribution in [0.4, 0.5) is 0 Å². The van der Waals surface area contributed by atoms with E-state index in [1.807, 2.05) is 6.33 Å². The summed E-state index contributed by atoms with van der Waals surface area (Å²) in [5, 5.41) is 9.23. The second-order valence-corrected chi connectivity index (χ2v) is 5.39. The van der Waals surface area contributed by atoms with Crippen molar-refractivity contribution in [2.24, 2.45) is 11.7 Å². The number of imidazole rings is 1. The van der Waals surface area contributed by atoms with Gasteiger partial charge in [-0.05, 0) is 25.2 Å². The Balaban J connectivity index is 2.18. The van der Waals surface area contributed by atoms with E-state index >= 15 is 0 Å². The van der Waals surface area contributed by atoms with Gasteiger partial charge in [-0.25, -0.2) is 4.98 Å². The van der Waals surface area contributed by atoms with Crippen LogP contribution in [0.3, 0.4) is 0 Å². The number of rotatable bonds is 5. The van der Waals surface area contributed by atoms with Crippen molar-refractivity contribution in [3.63, 3.8) is 0 Å². The highest BCUT2D eigenvalue weighted by atomic mass is 16.3. The fourth-order valence-electron chi connectivity index (χ4n) is 3.25. The van der Waals surface area contributed by atoms with Gasteiger partial charge in [0.25, 0.3) is 0 Å². The average molecular weight is 251 g/mol. The van der Waals surface area contributed by atoms with Crippen LogP contribution in [0.1, 0.15) is 63.2 Å². The summed E-state index contributed by atoms with van der Waals surface area (Å²) in [6.45, 7) is 2.21. The van der Waals surface area contributed by atoms with Gasteiger partial charge in [0.05, 0.1) is 24.7 Å². The lowest BCUT2D eigenvalue weighted by Gasteiger charge is -2.32. The van der Waals surface area contributed by atoms with Gasteiger partial charge in [-0.15, -0.1) is 0 Å². The molecule has 0 bridgehead atoms. The van der Waals surface area contributed by atoms with Crippen LogP contribution in [0.15, 0.2) is 12.5 Å². The number of nitrogens with zero attached hydrogens (tertiary/aromatic N) is 2. The van der Waals surface area contributed by atoms with E-state index in [-0.39, 0.29) is 12.6 Å². The summed E-state index contributed by atoms with van der Waals surface area (Å²) < 4.78 is 2.21. The lowest BCUT2D eigenvalue weighted by atomic mass is 9.82. The lowest BCUT2D eigenvalue weighted by molar-refractivity contribution is 0.226. The molecule has 0 radical (unpaired) electrons. The van der Waals surface area contributed by atoms with Gasteiger partial charge >= 0.3 is 0 Å². The van der Waals surface area contributed by atoms with E-state index in [0.717, 1.165) is 18.0 Å². The molecule has 0 amide bonds. The summed E-state index contributed by atoms with van der Waals surface area (Å²) in [7, 11) is 0. The van der Waals surface area contributed by atoms with Gasteiger partial charge in [0, 0.05) is 12.2 Å². The van der Waals surface area contributed by atoms with Crippen LogP contribution in [0.5, 0.6) is 0 Å². The van der Waals surface area contributed by atoms with Crippen LogP contribution < -0.4 is 5.73 Å². The maximum atomic E-state index is 9.23. The molecule has 1 aromatic heterocycles. The second kappa shape index (κ2) is 6.34. The quantitative estimate of drug-likeness (QED) is 0.844. The van der Waals surface area contributed by atoms with Crippen molar-refractivity contribution in [2.45, 2.75) is 57.5 Å². The smallest absolute Gasteiger partial charge is 0.0951 e. The highest BCUT2D eigenvalue weighted by Crippen LogP contribution is 2.35. The van der Waals surface area contributed by atoms with Crippen molar-refractivity contribution in [3.8, 4) is 0 Å². The van der Waals surface area contributed by atoms with E-state index in [0.29, 0.717) is 6.04 Å². The molecule has 2 atom stereocenters. The number of aromatic nitrogens is 2. The second-order valence-electron chi connectivity index (χ2n) is 5.39. The van der Waals surface area contributed by atoms with Crippen LogP contribution >= 0.6 is 0 Å². The third-order valence-electron chi connectivity index (χ3n) is 4.24. The highest BCUT2D eigenvalue weighted by molar-refractivity contribution is 5.06. The maximum Gasteiger partial charge on any atom is 0.0951 e. The minimum atomic E-state index is -0.315. The highest BCUT2D eigenvalue weighted by Gasteiger charge is 2.26. The van der Waals surface area contributed by atoms with Crippen LogP contribution in [-0.2, 0) is 0 Å². The number of hydrogen-bond donors (Lipinski definition) is 2. The van der Waals surface area contributed by atoms with Crippen LogP contribution in [0, 0.1) is 5.92 Å². The van der Waals surface area contributed by atoms with Gasteiger partial charge in [0.1, 0.15) is 0 Å². The molecule has 0 aromatic carbocycles. The SMILES string of the molecule is CCC(C1CCCCC1)n1cncc1C(N)CO. The standard InChI is InChI=1S/C14H25N3O/c1-2-13(11-6-4-3-5-7-11)17-10-16-8-14(17)12(15)9-18/h8,10-13,18H,2-7,9,15H2,1H3. The van der Waals surface area contributed by atoms with E-state index in [2.05, 4.69) is 16.5 Å². The van der Waals surface area contributed by atoms with Crippen molar-refractivity contribution < 1.29 is 5.11 Å². The average Bonchev–Trinajstić information content (AvgIpc) is 2.89.